The smallest absolute Gasteiger partial charge is 0.118 e. The van der Waals surface area contributed by atoms with Gasteiger partial charge in [-0.25, -0.2) is 0 Å². The van der Waals surface area contributed by atoms with Crippen molar-refractivity contribution in [2.45, 2.75) is 46.6 Å². The molecule has 0 N–H and O–H groups in total. The van der Waals surface area contributed by atoms with Crippen LogP contribution < -0.4 is 0 Å². The van der Waals surface area contributed by atoms with E-state index < -0.39 is 0 Å². The van der Waals surface area contributed by atoms with Crippen LogP contribution in [0.25, 0.3) is 0 Å². The predicted molar refractivity (Wildman–Crippen MR) is 61.4 cm³/mol. The normalized spacial score (nSPS) is 13.6. The first-order valence-corrected chi connectivity index (χ1v) is 4.84. The summed E-state index contributed by atoms with van der Waals surface area (Å²) in [6, 6.07) is 2.19. The fourth-order valence-corrected chi connectivity index (χ4v) is 1.12. The van der Waals surface area contributed by atoms with Gasteiger partial charge in [0.1, 0.15) is 11.8 Å². The van der Waals surface area contributed by atoms with Gasteiger partial charge in [0.2, 0.25) is 0 Å². The highest BCUT2D eigenvalue weighted by atomic mass is 14.8. The van der Waals surface area contributed by atoms with E-state index in [1.165, 1.54) is 0 Å². The van der Waals surface area contributed by atoms with Crippen molar-refractivity contribution in [2.75, 3.05) is 0 Å². The molecule has 0 amide bonds. The topological polar surface area (TPSA) is 36.1 Å². The Balaban J connectivity index is 5.01. The monoisotopic (exact) mass is 192 g/mol. The molecular formula is C12H20N2. The quantitative estimate of drug-likeness (QED) is 0.499. The second-order valence-electron chi connectivity index (χ2n) is 5.12. The molecule has 0 aliphatic rings. The van der Waals surface area contributed by atoms with Crippen molar-refractivity contribution in [3.63, 3.8) is 0 Å². The van der Waals surface area contributed by atoms with Crippen LogP contribution in [0.5, 0.6) is 0 Å². The standard InChI is InChI=1S/C12H20N2/c1-7-8-12(5,6)10(9-13)14-11(2,3)4/h7H,1,8H2,2-6H3. The van der Waals surface area contributed by atoms with Gasteiger partial charge < -0.3 is 0 Å². The van der Waals surface area contributed by atoms with Crippen LogP contribution in [0, 0.1) is 16.7 Å². The Morgan fingerprint density at radius 3 is 2.14 bits per heavy atom. The van der Waals surface area contributed by atoms with Crippen LogP contribution in [-0.4, -0.2) is 11.3 Å². The summed E-state index contributed by atoms with van der Waals surface area (Å²) in [4.78, 5) is 4.43. The zero-order valence-electron chi connectivity index (χ0n) is 9.89. The van der Waals surface area contributed by atoms with Gasteiger partial charge >= 0.3 is 0 Å². The zero-order valence-corrected chi connectivity index (χ0v) is 9.89. The summed E-state index contributed by atoms with van der Waals surface area (Å²) in [5.41, 5.74) is 0.206. The lowest BCUT2D eigenvalue weighted by Crippen LogP contribution is -2.26. The molecule has 0 aromatic heterocycles. The van der Waals surface area contributed by atoms with Crippen molar-refractivity contribution in [2.24, 2.45) is 10.4 Å². The molecule has 0 atom stereocenters. The molecule has 0 unspecified atom stereocenters. The Kier molecular flexibility index (Phi) is 4.07. The minimum absolute atomic E-state index is 0.191. The maximum Gasteiger partial charge on any atom is 0.118 e. The Labute approximate surface area is 87.4 Å². The number of aliphatic imine (C=N–C) groups is 1. The molecule has 0 spiro atoms. The summed E-state index contributed by atoms with van der Waals surface area (Å²) >= 11 is 0. The highest BCUT2D eigenvalue weighted by Crippen LogP contribution is 2.24. The predicted octanol–water partition coefficient (Wildman–Crippen LogP) is 3.35. The van der Waals surface area contributed by atoms with Gasteiger partial charge in [0.05, 0.1) is 5.54 Å². The highest BCUT2D eigenvalue weighted by Gasteiger charge is 2.25. The maximum atomic E-state index is 9.04. The lowest BCUT2D eigenvalue weighted by molar-refractivity contribution is 0.511. The van der Waals surface area contributed by atoms with E-state index in [-0.39, 0.29) is 11.0 Å². The van der Waals surface area contributed by atoms with Crippen LogP contribution in [0.4, 0.5) is 0 Å². The molecule has 0 saturated heterocycles. The molecule has 0 aliphatic heterocycles. The molecular weight excluding hydrogens is 172 g/mol. The van der Waals surface area contributed by atoms with E-state index in [9.17, 15) is 0 Å². The van der Waals surface area contributed by atoms with Crippen LogP contribution in [-0.2, 0) is 0 Å². The molecule has 0 radical (unpaired) electrons. The molecule has 14 heavy (non-hydrogen) atoms. The van der Waals surface area contributed by atoms with Crippen molar-refractivity contribution in [3.05, 3.63) is 12.7 Å². The fraction of sp³-hybridized carbons (Fsp3) is 0.667. The van der Waals surface area contributed by atoms with Gasteiger partial charge in [0.15, 0.2) is 0 Å². The van der Waals surface area contributed by atoms with Crippen molar-refractivity contribution >= 4 is 5.71 Å². The summed E-state index contributed by atoms with van der Waals surface area (Å²) in [6.45, 7) is 13.7. The van der Waals surface area contributed by atoms with Crippen molar-refractivity contribution in [1.82, 2.24) is 0 Å². The summed E-state index contributed by atoms with van der Waals surface area (Å²) in [6.07, 6.45) is 2.60. The molecule has 0 aromatic rings. The minimum Gasteiger partial charge on any atom is -0.272 e. The van der Waals surface area contributed by atoms with Crippen LogP contribution >= 0.6 is 0 Å². The largest absolute Gasteiger partial charge is 0.272 e. The van der Waals surface area contributed by atoms with E-state index in [0.29, 0.717) is 5.71 Å². The lowest BCUT2D eigenvalue weighted by Gasteiger charge is -2.24. The summed E-state index contributed by atoms with van der Waals surface area (Å²) in [5, 5.41) is 9.04. The first kappa shape index (κ1) is 12.9. The zero-order chi connectivity index (χ0) is 11.4. The van der Waals surface area contributed by atoms with Crippen LogP contribution in [0.15, 0.2) is 17.6 Å². The number of allylic oxidation sites excluding steroid dienone is 1. The van der Waals surface area contributed by atoms with E-state index in [1.54, 1.807) is 0 Å². The Bertz CT molecular complexity index is 272. The second kappa shape index (κ2) is 4.41. The molecule has 0 bridgehead atoms. The van der Waals surface area contributed by atoms with Gasteiger partial charge in [0, 0.05) is 5.41 Å². The summed E-state index contributed by atoms with van der Waals surface area (Å²) < 4.78 is 0. The average molecular weight is 192 g/mol. The van der Waals surface area contributed by atoms with Gasteiger partial charge in [-0.1, -0.05) is 19.9 Å². The highest BCUT2D eigenvalue weighted by molar-refractivity contribution is 6.02. The van der Waals surface area contributed by atoms with Gasteiger partial charge in [-0.05, 0) is 27.2 Å². The number of hydrogen-bond donors (Lipinski definition) is 0. The third-order valence-corrected chi connectivity index (χ3v) is 1.85. The first-order chi connectivity index (χ1) is 6.23. The fourth-order valence-electron chi connectivity index (χ4n) is 1.12. The molecule has 78 valence electrons. The van der Waals surface area contributed by atoms with E-state index in [1.807, 2.05) is 40.7 Å². The van der Waals surface area contributed by atoms with Gasteiger partial charge in [0.25, 0.3) is 0 Å². The molecule has 0 heterocycles. The van der Waals surface area contributed by atoms with Gasteiger partial charge in [-0.3, -0.25) is 4.99 Å². The van der Waals surface area contributed by atoms with Crippen molar-refractivity contribution in [3.8, 4) is 6.07 Å². The van der Waals surface area contributed by atoms with Crippen molar-refractivity contribution < 1.29 is 0 Å². The molecule has 2 heteroatoms. The third-order valence-electron chi connectivity index (χ3n) is 1.85. The molecule has 0 aliphatic carbocycles. The molecule has 2 nitrogen and oxygen atoms in total. The van der Waals surface area contributed by atoms with Crippen molar-refractivity contribution in [1.29, 1.82) is 5.26 Å². The number of hydrogen-bond acceptors (Lipinski definition) is 2. The summed E-state index contributed by atoms with van der Waals surface area (Å²) in [7, 11) is 0. The van der Waals surface area contributed by atoms with E-state index in [4.69, 9.17) is 5.26 Å². The van der Waals surface area contributed by atoms with Crippen LogP contribution in [0.1, 0.15) is 41.0 Å². The van der Waals surface area contributed by atoms with Crippen LogP contribution in [0.2, 0.25) is 0 Å². The minimum atomic E-state index is -0.205. The van der Waals surface area contributed by atoms with Gasteiger partial charge in [-0.2, -0.15) is 5.26 Å². The molecule has 0 rings (SSSR count). The molecule has 0 fully saturated rings. The maximum absolute atomic E-state index is 9.04. The van der Waals surface area contributed by atoms with E-state index >= 15 is 0 Å². The molecule has 0 aromatic carbocycles. The number of nitriles is 1. The Hall–Kier alpha value is -1.10. The first-order valence-electron chi connectivity index (χ1n) is 4.84. The second-order valence-corrected chi connectivity index (χ2v) is 5.12. The summed E-state index contributed by atoms with van der Waals surface area (Å²) in [5.74, 6) is 0. The van der Waals surface area contributed by atoms with Gasteiger partial charge in [-0.15, -0.1) is 6.58 Å². The Morgan fingerprint density at radius 2 is 1.86 bits per heavy atom. The van der Waals surface area contributed by atoms with E-state index in [0.717, 1.165) is 6.42 Å². The van der Waals surface area contributed by atoms with E-state index in [2.05, 4.69) is 17.6 Å². The number of rotatable bonds is 3. The SMILES string of the molecule is C=CCC(C)(C)C(C#N)=NC(C)(C)C. The lowest BCUT2D eigenvalue weighted by atomic mass is 9.84. The third kappa shape index (κ3) is 4.23. The van der Waals surface area contributed by atoms with Crippen LogP contribution in [0.3, 0.4) is 0 Å². The average Bonchev–Trinajstić information content (AvgIpc) is 1.98. The molecule has 0 saturated carbocycles. The number of nitrogens with zero attached hydrogens (tertiary/aromatic N) is 2. The Morgan fingerprint density at radius 1 is 1.36 bits per heavy atom.